The normalized spacial score (nSPS) is 17.8. The smallest absolute Gasteiger partial charge is 0.407 e. The molecular formula is C17H24N2O6. The van der Waals surface area contributed by atoms with E-state index in [1.54, 1.807) is 0 Å². The van der Waals surface area contributed by atoms with Gasteiger partial charge in [0.2, 0.25) is 5.91 Å². The maximum absolute atomic E-state index is 11.9. The Morgan fingerprint density at radius 2 is 2.12 bits per heavy atom. The van der Waals surface area contributed by atoms with E-state index in [0.29, 0.717) is 13.0 Å². The average molecular weight is 352 g/mol. The van der Waals surface area contributed by atoms with Crippen molar-refractivity contribution in [2.45, 2.75) is 31.5 Å². The summed E-state index contributed by atoms with van der Waals surface area (Å²) in [6.45, 7) is 0.902. The predicted molar refractivity (Wildman–Crippen MR) is 88.5 cm³/mol. The van der Waals surface area contributed by atoms with Crippen molar-refractivity contribution >= 4 is 12.0 Å². The molecule has 1 aromatic rings. The molecule has 0 aromatic heterocycles. The monoisotopic (exact) mass is 352 g/mol. The van der Waals surface area contributed by atoms with Gasteiger partial charge in [-0.1, -0.05) is 30.3 Å². The Kier molecular flexibility index (Phi) is 8.17. The summed E-state index contributed by atoms with van der Waals surface area (Å²) in [5.74, 6) is 0.0375. The summed E-state index contributed by atoms with van der Waals surface area (Å²) in [6, 6.07) is 8.98. The highest BCUT2D eigenvalue weighted by molar-refractivity contribution is 5.78. The van der Waals surface area contributed by atoms with Crippen LogP contribution in [0.25, 0.3) is 0 Å². The molecular weight excluding hydrogens is 328 g/mol. The lowest BCUT2D eigenvalue weighted by molar-refractivity contribution is -0.277. The molecule has 2 atom stereocenters. The second-order valence-electron chi connectivity index (χ2n) is 5.69. The first-order valence-electron chi connectivity index (χ1n) is 8.17. The molecule has 0 radical (unpaired) electrons. The Bertz CT molecular complexity index is 539. The van der Waals surface area contributed by atoms with Crippen molar-refractivity contribution in [3.63, 3.8) is 0 Å². The Hall–Kier alpha value is -2.16. The molecule has 25 heavy (non-hydrogen) atoms. The van der Waals surface area contributed by atoms with Gasteiger partial charge in [-0.05, 0) is 12.0 Å². The van der Waals surface area contributed by atoms with Crippen molar-refractivity contribution in [2.24, 2.45) is 0 Å². The second kappa shape index (κ2) is 10.7. The predicted octanol–water partition coefficient (Wildman–Crippen LogP) is 1.15. The van der Waals surface area contributed by atoms with Crippen LogP contribution in [0.3, 0.4) is 0 Å². The molecule has 1 heterocycles. The van der Waals surface area contributed by atoms with E-state index in [4.69, 9.17) is 14.4 Å². The number of hydrogen-bond acceptors (Lipinski definition) is 6. The fourth-order valence-electron chi connectivity index (χ4n) is 2.37. The van der Waals surface area contributed by atoms with Gasteiger partial charge in [-0.2, -0.15) is 0 Å². The number of ether oxygens (including phenoxy) is 2. The fourth-order valence-corrected chi connectivity index (χ4v) is 2.37. The van der Waals surface area contributed by atoms with Crippen LogP contribution in [-0.4, -0.2) is 51.0 Å². The molecule has 1 unspecified atom stereocenters. The summed E-state index contributed by atoms with van der Waals surface area (Å²) in [6.07, 6.45) is 0.713. The molecule has 0 saturated carbocycles. The van der Waals surface area contributed by atoms with E-state index < -0.39 is 12.1 Å². The molecule has 2 amide bonds. The lowest BCUT2D eigenvalue weighted by Gasteiger charge is -2.19. The van der Waals surface area contributed by atoms with Crippen LogP contribution >= 0.6 is 0 Å². The highest BCUT2D eigenvalue weighted by atomic mass is 17.2. The third-order valence-electron chi connectivity index (χ3n) is 3.64. The molecule has 138 valence electrons. The first-order chi connectivity index (χ1) is 12.2. The highest BCUT2D eigenvalue weighted by Crippen LogP contribution is 2.07. The molecule has 1 aliphatic rings. The van der Waals surface area contributed by atoms with Crippen LogP contribution in [0, 0.1) is 0 Å². The van der Waals surface area contributed by atoms with Gasteiger partial charge in [0.1, 0.15) is 13.2 Å². The van der Waals surface area contributed by atoms with Gasteiger partial charge in [-0.15, -0.1) is 0 Å². The summed E-state index contributed by atoms with van der Waals surface area (Å²) < 4.78 is 10.7. The van der Waals surface area contributed by atoms with Crippen molar-refractivity contribution in [3.8, 4) is 0 Å². The minimum atomic E-state index is -0.564. The van der Waals surface area contributed by atoms with Gasteiger partial charge >= 0.3 is 6.09 Å². The number of hydrogen-bond donors (Lipinski definition) is 2. The Morgan fingerprint density at radius 3 is 2.80 bits per heavy atom. The average Bonchev–Trinajstić information content (AvgIpc) is 3.04. The molecule has 0 spiro atoms. The van der Waals surface area contributed by atoms with Gasteiger partial charge < -0.3 is 20.1 Å². The molecule has 2 rings (SSSR count). The SMILES string of the molecule is COOCC(COC[C@@H]1CCC(=O)N1)NC(=O)OCc1ccccc1. The maximum atomic E-state index is 11.9. The van der Waals surface area contributed by atoms with Crippen molar-refractivity contribution in [1.82, 2.24) is 10.6 Å². The minimum absolute atomic E-state index is 0.0153. The summed E-state index contributed by atoms with van der Waals surface area (Å²) >= 11 is 0. The van der Waals surface area contributed by atoms with E-state index in [2.05, 4.69) is 15.5 Å². The number of carbonyl (C=O) groups excluding carboxylic acids is 2. The Labute approximate surface area is 146 Å². The van der Waals surface area contributed by atoms with Crippen molar-refractivity contribution in [2.75, 3.05) is 26.9 Å². The molecule has 8 nitrogen and oxygen atoms in total. The van der Waals surface area contributed by atoms with Crippen molar-refractivity contribution < 1.29 is 28.8 Å². The van der Waals surface area contributed by atoms with Crippen LogP contribution in [0.15, 0.2) is 30.3 Å². The van der Waals surface area contributed by atoms with E-state index in [9.17, 15) is 9.59 Å². The van der Waals surface area contributed by atoms with E-state index >= 15 is 0 Å². The zero-order chi connectivity index (χ0) is 17.9. The molecule has 2 N–H and O–H groups in total. The highest BCUT2D eigenvalue weighted by Gasteiger charge is 2.21. The number of amides is 2. The molecule has 1 aliphatic heterocycles. The standard InChI is InChI=1S/C17H24N2O6/c1-22-25-12-15(11-23-10-14-7-8-16(20)18-14)19-17(21)24-9-13-5-3-2-4-6-13/h2-6,14-15H,7-12H2,1H3,(H,18,20)(H,19,21)/t14-,15?/m0/s1. The fraction of sp³-hybridized carbons (Fsp3) is 0.529. The summed E-state index contributed by atoms with van der Waals surface area (Å²) in [5, 5.41) is 5.50. The number of rotatable bonds is 10. The lowest BCUT2D eigenvalue weighted by Crippen LogP contribution is -2.42. The zero-order valence-corrected chi connectivity index (χ0v) is 14.2. The summed E-state index contributed by atoms with van der Waals surface area (Å²) in [4.78, 5) is 32.5. The molecule has 1 aromatic carbocycles. The van der Waals surface area contributed by atoms with E-state index in [-0.39, 0.29) is 31.8 Å². The topological polar surface area (TPSA) is 95.1 Å². The quantitative estimate of drug-likeness (QED) is 0.485. The first-order valence-corrected chi connectivity index (χ1v) is 8.17. The summed E-state index contributed by atoms with van der Waals surface area (Å²) in [7, 11) is 1.39. The molecule has 1 fully saturated rings. The zero-order valence-electron chi connectivity index (χ0n) is 14.2. The third-order valence-corrected chi connectivity index (χ3v) is 3.64. The lowest BCUT2D eigenvalue weighted by atomic mass is 10.2. The third kappa shape index (κ3) is 7.51. The van der Waals surface area contributed by atoms with Gasteiger partial charge in [-0.3, -0.25) is 4.79 Å². The number of benzene rings is 1. The Balaban J connectivity index is 1.70. The molecule has 8 heteroatoms. The Morgan fingerprint density at radius 1 is 1.32 bits per heavy atom. The first kappa shape index (κ1) is 19.2. The van der Waals surface area contributed by atoms with Gasteiger partial charge in [0.25, 0.3) is 0 Å². The van der Waals surface area contributed by atoms with Crippen LogP contribution in [0.5, 0.6) is 0 Å². The van der Waals surface area contributed by atoms with Crippen LogP contribution < -0.4 is 10.6 Å². The largest absolute Gasteiger partial charge is 0.445 e. The van der Waals surface area contributed by atoms with Crippen molar-refractivity contribution in [1.29, 1.82) is 0 Å². The van der Waals surface area contributed by atoms with E-state index in [1.165, 1.54) is 7.11 Å². The van der Waals surface area contributed by atoms with Gasteiger partial charge in [0.05, 0.1) is 32.4 Å². The van der Waals surface area contributed by atoms with E-state index in [1.807, 2.05) is 30.3 Å². The van der Waals surface area contributed by atoms with Crippen LogP contribution in [-0.2, 0) is 30.7 Å². The second-order valence-corrected chi connectivity index (χ2v) is 5.69. The van der Waals surface area contributed by atoms with Crippen molar-refractivity contribution in [3.05, 3.63) is 35.9 Å². The number of carbonyl (C=O) groups is 2. The van der Waals surface area contributed by atoms with Crippen LogP contribution in [0.2, 0.25) is 0 Å². The van der Waals surface area contributed by atoms with Crippen LogP contribution in [0.4, 0.5) is 4.79 Å². The maximum Gasteiger partial charge on any atom is 0.407 e. The van der Waals surface area contributed by atoms with Gasteiger partial charge in [0, 0.05) is 6.42 Å². The minimum Gasteiger partial charge on any atom is -0.445 e. The molecule has 1 saturated heterocycles. The number of alkyl carbamates (subject to hydrolysis) is 1. The van der Waals surface area contributed by atoms with E-state index in [0.717, 1.165) is 12.0 Å². The van der Waals surface area contributed by atoms with Gasteiger partial charge in [-0.25, -0.2) is 14.6 Å². The molecule has 0 aliphatic carbocycles. The molecule has 0 bridgehead atoms. The summed E-state index contributed by atoms with van der Waals surface area (Å²) in [5.41, 5.74) is 0.899. The van der Waals surface area contributed by atoms with Gasteiger partial charge in [0.15, 0.2) is 0 Å². The number of nitrogens with one attached hydrogen (secondary N) is 2. The van der Waals surface area contributed by atoms with Crippen LogP contribution in [0.1, 0.15) is 18.4 Å².